The lowest BCUT2D eigenvalue weighted by Gasteiger charge is -2.38. The highest BCUT2D eigenvalue weighted by Gasteiger charge is 2.37. The van der Waals surface area contributed by atoms with E-state index >= 15 is 0 Å². The van der Waals surface area contributed by atoms with E-state index in [1.807, 2.05) is 48.5 Å². The maximum absolute atomic E-state index is 12.2. The Bertz CT molecular complexity index is 905. The van der Waals surface area contributed by atoms with Crippen LogP contribution in [0.5, 0.6) is 5.75 Å². The number of carbonyl (C=O) groups excluding carboxylic acids is 1. The Kier molecular flexibility index (Phi) is 4.93. The van der Waals surface area contributed by atoms with E-state index in [1.165, 1.54) is 16.7 Å². The topological polar surface area (TPSA) is 38.3 Å². The van der Waals surface area contributed by atoms with Gasteiger partial charge in [-0.15, -0.1) is 0 Å². The Balaban J connectivity index is 1.74. The predicted octanol–water partition coefficient (Wildman–Crippen LogP) is 5.00. The largest absolute Gasteiger partial charge is 0.497 e. The summed E-state index contributed by atoms with van der Waals surface area (Å²) in [4.78, 5) is 12.2. The molecule has 0 heterocycles. The molecule has 0 unspecified atom stereocenters. The fraction of sp³-hybridized carbons (Fsp3) is 0.208. The Morgan fingerprint density at radius 3 is 2.33 bits per heavy atom. The summed E-state index contributed by atoms with van der Waals surface area (Å²) in [5.41, 5.74) is 4.70. The molecular formula is C24H23NO2. The van der Waals surface area contributed by atoms with Crippen LogP contribution in [-0.2, 0) is 11.2 Å². The van der Waals surface area contributed by atoms with Crippen LogP contribution in [0.15, 0.2) is 78.9 Å². The highest BCUT2D eigenvalue weighted by atomic mass is 16.5. The second-order valence-electron chi connectivity index (χ2n) is 6.98. The summed E-state index contributed by atoms with van der Waals surface area (Å²) in [6.45, 7) is 0. The highest BCUT2D eigenvalue weighted by Crippen LogP contribution is 2.44. The van der Waals surface area contributed by atoms with Crippen LogP contribution in [0.1, 0.15) is 28.7 Å². The molecule has 0 saturated heterocycles. The fourth-order valence-corrected chi connectivity index (χ4v) is 4.09. The van der Waals surface area contributed by atoms with Gasteiger partial charge in [-0.1, -0.05) is 54.6 Å². The minimum Gasteiger partial charge on any atom is -0.497 e. The number of rotatable bonds is 5. The van der Waals surface area contributed by atoms with Crippen molar-refractivity contribution in [2.24, 2.45) is 5.92 Å². The number of methoxy groups -OCH3 is 1. The van der Waals surface area contributed by atoms with Crippen LogP contribution in [0.25, 0.3) is 0 Å². The molecule has 3 aromatic carbocycles. The van der Waals surface area contributed by atoms with Gasteiger partial charge in [0.25, 0.3) is 0 Å². The second-order valence-corrected chi connectivity index (χ2v) is 6.98. The number of nitrogens with one attached hydrogen (secondary N) is 1. The summed E-state index contributed by atoms with van der Waals surface area (Å²) < 4.78 is 5.28. The van der Waals surface area contributed by atoms with E-state index in [4.69, 9.17) is 4.74 Å². The van der Waals surface area contributed by atoms with Crippen molar-refractivity contribution in [1.82, 2.24) is 0 Å². The van der Waals surface area contributed by atoms with Gasteiger partial charge in [0.1, 0.15) is 12.0 Å². The third-order valence-electron chi connectivity index (χ3n) is 5.48. The standard InChI is InChI=1S/C24H23NO2/c1-27-20-13-11-17(12-14-20)22-15-18-7-5-6-10-21(18)24(23(22)16-26)25-19-8-3-2-4-9-19/h2-14,16,22-25H,15H2,1H3/t22-,23-,24+/m0/s1. The van der Waals surface area contributed by atoms with Crippen molar-refractivity contribution in [2.75, 3.05) is 12.4 Å². The van der Waals surface area contributed by atoms with Gasteiger partial charge in [-0.05, 0) is 53.3 Å². The summed E-state index contributed by atoms with van der Waals surface area (Å²) in [6.07, 6.45) is 1.98. The van der Waals surface area contributed by atoms with Crippen LogP contribution < -0.4 is 10.1 Å². The number of hydrogen-bond donors (Lipinski definition) is 1. The van der Waals surface area contributed by atoms with Gasteiger partial charge in [0.15, 0.2) is 0 Å². The Morgan fingerprint density at radius 1 is 0.926 bits per heavy atom. The third-order valence-corrected chi connectivity index (χ3v) is 5.48. The van der Waals surface area contributed by atoms with E-state index in [0.717, 1.165) is 24.1 Å². The molecule has 1 aliphatic carbocycles. The van der Waals surface area contributed by atoms with E-state index in [2.05, 4.69) is 35.6 Å². The van der Waals surface area contributed by atoms with E-state index in [0.29, 0.717) is 0 Å². The number of benzene rings is 3. The smallest absolute Gasteiger partial charge is 0.126 e. The van der Waals surface area contributed by atoms with Crippen LogP contribution in [0.2, 0.25) is 0 Å². The first-order chi connectivity index (χ1) is 13.3. The quantitative estimate of drug-likeness (QED) is 0.653. The van der Waals surface area contributed by atoms with Gasteiger partial charge >= 0.3 is 0 Å². The molecule has 0 amide bonds. The number of para-hydroxylation sites is 1. The van der Waals surface area contributed by atoms with Crippen LogP contribution in [-0.4, -0.2) is 13.4 Å². The van der Waals surface area contributed by atoms with Crippen molar-refractivity contribution < 1.29 is 9.53 Å². The molecule has 136 valence electrons. The molecule has 1 N–H and O–H groups in total. The summed E-state index contributed by atoms with van der Waals surface area (Å²) in [5.74, 6) is 0.814. The molecule has 0 aliphatic heterocycles. The van der Waals surface area contributed by atoms with Crippen LogP contribution in [0.3, 0.4) is 0 Å². The maximum atomic E-state index is 12.2. The van der Waals surface area contributed by atoms with Crippen molar-refractivity contribution in [3.8, 4) is 5.75 Å². The third kappa shape index (κ3) is 3.45. The van der Waals surface area contributed by atoms with Crippen molar-refractivity contribution in [2.45, 2.75) is 18.4 Å². The summed E-state index contributed by atoms with van der Waals surface area (Å²) in [6, 6.07) is 26.6. The zero-order valence-corrected chi connectivity index (χ0v) is 15.3. The minimum atomic E-state index is -0.145. The SMILES string of the molecule is COc1ccc([C@@H]2Cc3ccccc3[C@@H](Nc3ccccc3)[C@H]2C=O)cc1. The number of anilines is 1. The van der Waals surface area contributed by atoms with Crippen molar-refractivity contribution in [3.05, 3.63) is 95.6 Å². The second kappa shape index (κ2) is 7.67. The average molecular weight is 357 g/mol. The summed E-state index contributed by atoms with van der Waals surface area (Å²) in [7, 11) is 1.67. The maximum Gasteiger partial charge on any atom is 0.126 e. The average Bonchev–Trinajstić information content (AvgIpc) is 2.74. The van der Waals surface area contributed by atoms with Gasteiger partial charge in [0.05, 0.1) is 13.2 Å². The van der Waals surface area contributed by atoms with Crippen molar-refractivity contribution >= 4 is 12.0 Å². The zero-order valence-electron chi connectivity index (χ0n) is 15.3. The van der Waals surface area contributed by atoms with Crippen LogP contribution >= 0.6 is 0 Å². The first-order valence-corrected chi connectivity index (χ1v) is 9.29. The van der Waals surface area contributed by atoms with Crippen molar-refractivity contribution in [3.63, 3.8) is 0 Å². The number of ether oxygens (including phenoxy) is 1. The molecule has 0 radical (unpaired) electrons. The van der Waals surface area contributed by atoms with E-state index in [-0.39, 0.29) is 17.9 Å². The normalized spacial score (nSPS) is 21.1. The van der Waals surface area contributed by atoms with Gasteiger partial charge < -0.3 is 14.8 Å². The molecule has 1 aliphatic rings. The van der Waals surface area contributed by atoms with E-state index in [9.17, 15) is 4.79 Å². The van der Waals surface area contributed by atoms with Crippen LogP contribution in [0, 0.1) is 5.92 Å². The molecule has 3 heteroatoms. The van der Waals surface area contributed by atoms with Gasteiger partial charge in [-0.2, -0.15) is 0 Å². The zero-order chi connectivity index (χ0) is 18.6. The summed E-state index contributed by atoms with van der Waals surface area (Å²) >= 11 is 0. The van der Waals surface area contributed by atoms with Gasteiger partial charge in [0, 0.05) is 11.6 Å². The molecule has 4 rings (SSSR count). The molecule has 3 atom stereocenters. The van der Waals surface area contributed by atoms with Gasteiger partial charge in [0.2, 0.25) is 0 Å². The number of carbonyl (C=O) groups is 1. The molecule has 0 spiro atoms. The lowest BCUT2D eigenvalue weighted by molar-refractivity contribution is -0.112. The first kappa shape index (κ1) is 17.3. The molecule has 0 saturated carbocycles. The van der Waals surface area contributed by atoms with Crippen LogP contribution in [0.4, 0.5) is 5.69 Å². The molecule has 0 fully saturated rings. The molecule has 0 aromatic heterocycles. The molecular weight excluding hydrogens is 334 g/mol. The van der Waals surface area contributed by atoms with Crippen molar-refractivity contribution in [1.29, 1.82) is 0 Å². The Morgan fingerprint density at radius 2 is 1.63 bits per heavy atom. The summed E-state index contributed by atoms with van der Waals surface area (Å²) in [5, 5.41) is 3.60. The monoisotopic (exact) mass is 357 g/mol. The fourth-order valence-electron chi connectivity index (χ4n) is 4.09. The minimum absolute atomic E-state index is 0.0537. The number of fused-ring (bicyclic) bond motifs is 1. The molecule has 27 heavy (non-hydrogen) atoms. The highest BCUT2D eigenvalue weighted by molar-refractivity contribution is 5.63. The molecule has 3 aromatic rings. The van der Waals surface area contributed by atoms with E-state index in [1.54, 1.807) is 7.11 Å². The number of hydrogen-bond acceptors (Lipinski definition) is 3. The molecule has 0 bridgehead atoms. The lowest BCUT2D eigenvalue weighted by Crippen LogP contribution is -2.33. The van der Waals surface area contributed by atoms with E-state index < -0.39 is 0 Å². The molecule has 3 nitrogen and oxygen atoms in total. The Labute approximate surface area is 160 Å². The Hall–Kier alpha value is -3.07. The first-order valence-electron chi connectivity index (χ1n) is 9.29. The lowest BCUT2D eigenvalue weighted by atomic mass is 9.70. The van der Waals surface area contributed by atoms with Gasteiger partial charge in [-0.25, -0.2) is 0 Å². The van der Waals surface area contributed by atoms with Gasteiger partial charge in [-0.3, -0.25) is 0 Å². The number of aldehydes is 1. The predicted molar refractivity (Wildman–Crippen MR) is 108 cm³/mol.